The second kappa shape index (κ2) is 8.32. The van der Waals surface area contributed by atoms with Gasteiger partial charge < -0.3 is 9.84 Å². The second-order valence-electron chi connectivity index (χ2n) is 7.57. The second-order valence-corrected chi connectivity index (χ2v) is 10.9. The molecule has 0 bridgehead atoms. The highest BCUT2D eigenvalue weighted by molar-refractivity contribution is 7.94. The Morgan fingerprint density at radius 1 is 1.16 bits per heavy atom. The van der Waals surface area contributed by atoms with Crippen LogP contribution >= 0.6 is 11.3 Å². The summed E-state index contributed by atoms with van der Waals surface area (Å²) in [5.74, 6) is 0.479. The number of sulfonamides is 1. The molecule has 4 rings (SSSR count). The van der Waals surface area contributed by atoms with E-state index < -0.39 is 10.0 Å². The number of rotatable bonds is 7. The maximum Gasteiger partial charge on any atom is 0.273 e. The van der Waals surface area contributed by atoms with E-state index in [4.69, 9.17) is 4.52 Å². The number of amides is 1. The first-order valence-electron chi connectivity index (χ1n) is 9.86. The molecule has 1 fully saturated rings. The number of carbonyl (C=O) groups is 1. The molecule has 2 aromatic heterocycles. The predicted octanol–water partition coefficient (Wildman–Crippen LogP) is 4.70. The molecule has 162 valence electrons. The van der Waals surface area contributed by atoms with Crippen LogP contribution in [0.5, 0.6) is 0 Å². The molecule has 0 unspecified atom stereocenters. The summed E-state index contributed by atoms with van der Waals surface area (Å²) in [6.07, 6.45) is 5.26. The Labute approximate surface area is 185 Å². The third-order valence-electron chi connectivity index (χ3n) is 5.10. The molecule has 1 saturated carbocycles. The van der Waals surface area contributed by atoms with E-state index in [2.05, 4.69) is 10.5 Å². The summed E-state index contributed by atoms with van der Waals surface area (Å²) in [7, 11) is -2.12. The van der Waals surface area contributed by atoms with Gasteiger partial charge in [-0.1, -0.05) is 22.9 Å². The topological polar surface area (TPSA) is 92.5 Å². The van der Waals surface area contributed by atoms with E-state index in [0.29, 0.717) is 22.8 Å². The number of aryl methyl sites for hydroxylation is 2. The van der Waals surface area contributed by atoms with Gasteiger partial charge in [-0.2, -0.15) is 0 Å². The fraction of sp³-hybridized carbons (Fsp3) is 0.273. The summed E-state index contributed by atoms with van der Waals surface area (Å²) in [6.45, 7) is 3.72. The molecule has 1 aromatic carbocycles. The number of nitrogens with one attached hydrogen (secondary N) is 1. The summed E-state index contributed by atoms with van der Waals surface area (Å²) in [5, 5.41) is 6.81. The van der Waals surface area contributed by atoms with E-state index in [1.165, 1.54) is 4.31 Å². The minimum absolute atomic E-state index is 0.0235. The molecule has 2 heterocycles. The lowest BCUT2D eigenvalue weighted by Crippen LogP contribution is -2.25. The Hall–Kier alpha value is -2.91. The van der Waals surface area contributed by atoms with Crippen molar-refractivity contribution >= 4 is 50.8 Å². The average molecular weight is 458 g/mol. The van der Waals surface area contributed by atoms with Crippen molar-refractivity contribution in [2.75, 3.05) is 16.7 Å². The van der Waals surface area contributed by atoms with Gasteiger partial charge in [-0.3, -0.25) is 9.10 Å². The Balaban J connectivity index is 1.52. The van der Waals surface area contributed by atoms with Gasteiger partial charge in [-0.25, -0.2) is 8.42 Å². The molecule has 7 nitrogen and oxygen atoms in total. The molecule has 0 spiro atoms. The highest BCUT2D eigenvalue weighted by atomic mass is 32.2. The molecule has 0 atom stereocenters. The van der Waals surface area contributed by atoms with Gasteiger partial charge in [0.15, 0.2) is 5.76 Å². The smallest absolute Gasteiger partial charge is 0.273 e. The molecule has 0 saturated heterocycles. The van der Waals surface area contributed by atoms with Crippen molar-refractivity contribution in [3.05, 3.63) is 58.3 Å². The van der Waals surface area contributed by atoms with Crippen molar-refractivity contribution in [3.63, 3.8) is 0 Å². The van der Waals surface area contributed by atoms with Crippen LogP contribution in [0.4, 0.5) is 11.4 Å². The average Bonchev–Trinajstić information content (AvgIpc) is 3.40. The van der Waals surface area contributed by atoms with Crippen LogP contribution in [0.3, 0.4) is 0 Å². The number of aromatic nitrogens is 1. The lowest BCUT2D eigenvalue weighted by atomic mass is 10.2. The third kappa shape index (κ3) is 4.57. The number of hydrogen-bond donors (Lipinski definition) is 1. The van der Waals surface area contributed by atoms with E-state index in [0.717, 1.165) is 34.6 Å². The standard InChI is InChI=1S/C22H23N3O4S2/c1-14-4-8-17(9-5-14)25(3)31(27,28)20-13-11-18(30-20)10-12-19-21(15(2)24-29-19)23-22(26)16-6-7-16/h4-5,8-13,16H,6-7H2,1-3H3,(H,23,26). The first-order chi connectivity index (χ1) is 14.8. The van der Waals surface area contributed by atoms with Gasteiger partial charge in [0.1, 0.15) is 15.6 Å². The molecule has 1 N–H and O–H groups in total. The van der Waals surface area contributed by atoms with Gasteiger partial charge in [0.2, 0.25) is 5.91 Å². The van der Waals surface area contributed by atoms with Crippen LogP contribution in [0.1, 0.15) is 34.7 Å². The quantitative estimate of drug-likeness (QED) is 0.555. The number of carbonyl (C=O) groups excluding carboxylic acids is 1. The Bertz CT molecular complexity index is 1240. The molecule has 31 heavy (non-hydrogen) atoms. The third-order valence-corrected chi connectivity index (χ3v) is 8.40. The lowest BCUT2D eigenvalue weighted by molar-refractivity contribution is -0.117. The van der Waals surface area contributed by atoms with Crippen LogP contribution in [0.25, 0.3) is 12.2 Å². The summed E-state index contributed by atoms with van der Waals surface area (Å²) >= 11 is 1.16. The van der Waals surface area contributed by atoms with Crippen molar-refractivity contribution in [1.29, 1.82) is 0 Å². The summed E-state index contributed by atoms with van der Waals surface area (Å²) in [5.41, 5.74) is 2.82. The molecule has 0 aliphatic heterocycles. The molecule has 1 aliphatic rings. The number of nitrogens with zero attached hydrogens (tertiary/aromatic N) is 2. The normalized spacial score (nSPS) is 14.2. The molecule has 9 heteroatoms. The number of thiophene rings is 1. The van der Waals surface area contributed by atoms with Gasteiger partial charge in [0.25, 0.3) is 10.0 Å². The Morgan fingerprint density at radius 2 is 1.87 bits per heavy atom. The maximum absolute atomic E-state index is 13.0. The van der Waals surface area contributed by atoms with E-state index in [1.54, 1.807) is 50.4 Å². The minimum atomic E-state index is -3.66. The fourth-order valence-corrected chi connectivity index (χ4v) is 5.57. The van der Waals surface area contributed by atoms with Crippen LogP contribution < -0.4 is 9.62 Å². The van der Waals surface area contributed by atoms with Crippen molar-refractivity contribution in [2.24, 2.45) is 5.92 Å². The van der Waals surface area contributed by atoms with E-state index in [-0.39, 0.29) is 16.0 Å². The largest absolute Gasteiger partial charge is 0.354 e. The first kappa shape index (κ1) is 21.3. The zero-order chi connectivity index (χ0) is 22.2. The van der Waals surface area contributed by atoms with Crippen molar-refractivity contribution < 1.29 is 17.7 Å². The van der Waals surface area contributed by atoms with Gasteiger partial charge >= 0.3 is 0 Å². The van der Waals surface area contributed by atoms with Crippen LogP contribution in [0.2, 0.25) is 0 Å². The zero-order valence-electron chi connectivity index (χ0n) is 17.5. The van der Waals surface area contributed by atoms with Gasteiger partial charge in [-0.15, -0.1) is 11.3 Å². The summed E-state index contributed by atoms with van der Waals surface area (Å²) in [4.78, 5) is 12.8. The number of anilines is 2. The van der Waals surface area contributed by atoms with E-state index >= 15 is 0 Å². The van der Waals surface area contributed by atoms with Crippen molar-refractivity contribution in [3.8, 4) is 0 Å². The van der Waals surface area contributed by atoms with E-state index in [9.17, 15) is 13.2 Å². The van der Waals surface area contributed by atoms with Gasteiger partial charge in [-0.05, 0) is 63.1 Å². The highest BCUT2D eigenvalue weighted by Gasteiger charge is 2.31. The summed E-state index contributed by atoms with van der Waals surface area (Å²) in [6, 6.07) is 10.6. The fourth-order valence-electron chi connectivity index (χ4n) is 2.97. The molecule has 0 radical (unpaired) electrons. The zero-order valence-corrected chi connectivity index (χ0v) is 19.1. The SMILES string of the molecule is Cc1ccc(N(C)S(=O)(=O)c2ccc(C=Cc3onc(C)c3NC(=O)C3CC3)s2)cc1. The Morgan fingerprint density at radius 3 is 2.55 bits per heavy atom. The van der Waals surface area contributed by atoms with Crippen LogP contribution in [-0.2, 0) is 14.8 Å². The molecule has 1 aliphatic carbocycles. The lowest BCUT2D eigenvalue weighted by Gasteiger charge is -2.18. The number of hydrogen-bond acceptors (Lipinski definition) is 6. The monoisotopic (exact) mass is 457 g/mol. The summed E-state index contributed by atoms with van der Waals surface area (Å²) < 4.78 is 32.8. The van der Waals surface area contributed by atoms with E-state index in [1.807, 2.05) is 19.1 Å². The van der Waals surface area contributed by atoms with Crippen molar-refractivity contribution in [1.82, 2.24) is 5.16 Å². The first-order valence-corrected chi connectivity index (χ1v) is 12.1. The minimum Gasteiger partial charge on any atom is -0.354 e. The Kier molecular flexibility index (Phi) is 5.72. The van der Waals surface area contributed by atoms with Crippen molar-refractivity contribution in [2.45, 2.75) is 30.9 Å². The molecule has 3 aromatic rings. The molecular formula is C22H23N3O4S2. The molecule has 1 amide bonds. The van der Waals surface area contributed by atoms with Gasteiger partial charge in [0, 0.05) is 17.8 Å². The van der Waals surface area contributed by atoms with Crippen LogP contribution in [0, 0.1) is 19.8 Å². The van der Waals surface area contributed by atoms with Crippen LogP contribution in [0.15, 0.2) is 45.1 Å². The highest BCUT2D eigenvalue weighted by Crippen LogP contribution is 2.33. The number of benzene rings is 1. The maximum atomic E-state index is 13.0. The predicted molar refractivity (Wildman–Crippen MR) is 123 cm³/mol. The van der Waals surface area contributed by atoms with Crippen LogP contribution in [-0.4, -0.2) is 26.5 Å². The molecular weight excluding hydrogens is 434 g/mol. The van der Waals surface area contributed by atoms with Gasteiger partial charge in [0.05, 0.1) is 5.69 Å².